The first-order valence-corrected chi connectivity index (χ1v) is 5.32. The molecule has 0 fully saturated rings. The Morgan fingerprint density at radius 1 is 1.38 bits per heavy atom. The average molecular weight is 216 g/mol. The Morgan fingerprint density at radius 2 is 2.19 bits per heavy atom. The highest BCUT2D eigenvalue weighted by molar-refractivity contribution is 5.90. The fourth-order valence-electron chi connectivity index (χ4n) is 2.28. The molecular weight excluding hydrogens is 204 g/mol. The molecule has 2 heterocycles. The van der Waals surface area contributed by atoms with E-state index in [2.05, 4.69) is 10.3 Å². The third kappa shape index (κ3) is 1.26. The average Bonchev–Trinajstić information content (AvgIpc) is 2.66. The van der Waals surface area contributed by atoms with Crippen LogP contribution >= 0.6 is 0 Å². The van der Waals surface area contributed by atoms with Gasteiger partial charge in [-0.15, -0.1) is 0 Å². The van der Waals surface area contributed by atoms with Crippen LogP contribution in [0.5, 0.6) is 0 Å². The summed E-state index contributed by atoms with van der Waals surface area (Å²) in [7, 11) is 0. The number of hydrogen-bond donors (Lipinski definition) is 3. The van der Waals surface area contributed by atoms with Gasteiger partial charge in [0.2, 0.25) is 0 Å². The number of anilines is 1. The number of carbonyl (C=O) groups is 1. The van der Waals surface area contributed by atoms with Gasteiger partial charge in [-0.1, -0.05) is 18.2 Å². The standard InChI is InChI=1S/C12H12N2O2/c15-12(16)7-5-9-8-3-1-2-4-10(8)14-11(9)13-6-7/h1-4,7,13-14H,5-6H2,(H,15,16). The smallest absolute Gasteiger partial charge is 0.308 e. The minimum Gasteiger partial charge on any atom is -0.481 e. The van der Waals surface area contributed by atoms with Gasteiger partial charge in [-0.05, 0) is 12.5 Å². The fraction of sp³-hybridized carbons (Fsp3) is 0.250. The molecular formula is C12H12N2O2. The van der Waals surface area contributed by atoms with Crippen LogP contribution in [0.25, 0.3) is 10.9 Å². The van der Waals surface area contributed by atoms with Crippen molar-refractivity contribution in [2.24, 2.45) is 5.92 Å². The normalized spacial score (nSPS) is 19.1. The highest BCUT2D eigenvalue weighted by atomic mass is 16.4. The van der Waals surface area contributed by atoms with Gasteiger partial charge in [0.05, 0.1) is 5.92 Å². The van der Waals surface area contributed by atoms with Crippen molar-refractivity contribution in [2.45, 2.75) is 6.42 Å². The summed E-state index contributed by atoms with van der Waals surface area (Å²) in [5.74, 6) is -0.0890. The molecule has 0 saturated heterocycles. The number of H-pyrrole nitrogens is 1. The summed E-state index contributed by atoms with van der Waals surface area (Å²) < 4.78 is 0. The molecule has 4 nitrogen and oxygen atoms in total. The first-order chi connectivity index (χ1) is 7.75. The largest absolute Gasteiger partial charge is 0.481 e. The number of aromatic nitrogens is 1. The van der Waals surface area contributed by atoms with Crippen LogP contribution in [0.1, 0.15) is 5.56 Å². The zero-order chi connectivity index (χ0) is 11.1. The summed E-state index contributed by atoms with van der Waals surface area (Å²) in [6.45, 7) is 0.495. The van der Waals surface area contributed by atoms with Gasteiger partial charge >= 0.3 is 5.97 Å². The Morgan fingerprint density at radius 3 is 3.00 bits per heavy atom. The van der Waals surface area contributed by atoms with Crippen molar-refractivity contribution in [2.75, 3.05) is 11.9 Å². The second-order valence-electron chi connectivity index (χ2n) is 4.14. The zero-order valence-corrected chi connectivity index (χ0v) is 8.66. The number of aromatic amines is 1. The number of aliphatic carboxylic acids is 1. The summed E-state index contributed by atoms with van der Waals surface area (Å²) in [6.07, 6.45) is 0.599. The molecule has 0 saturated carbocycles. The lowest BCUT2D eigenvalue weighted by atomic mass is 9.95. The number of hydrogen-bond acceptors (Lipinski definition) is 2. The van der Waals surface area contributed by atoms with E-state index in [0.29, 0.717) is 13.0 Å². The summed E-state index contributed by atoms with van der Waals surface area (Å²) in [4.78, 5) is 14.2. The van der Waals surface area contributed by atoms with Crippen LogP contribution in [0.3, 0.4) is 0 Å². The molecule has 3 rings (SSSR count). The predicted molar refractivity (Wildman–Crippen MR) is 61.6 cm³/mol. The molecule has 1 aliphatic heterocycles. The summed E-state index contributed by atoms with van der Waals surface area (Å²) in [5, 5.41) is 13.3. The molecule has 1 unspecified atom stereocenters. The summed E-state index contributed by atoms with van der Waals surface area (Å²) in [5.41, 5.74) is 2.15. The molecule has 1 aromatic carbocycles. The minimum atomic E-state index is -0.733. The number of carboxylic acids is 1. The first-order valence-electron chi connectivity index (χ1n) is 5.32. The lowest BCUT2D eigenvalue weighted by Gasteiger charge is -2.20. The van der Waals surface area contributed by atoms with Gasteiger partial charge in [0.25, 0.3) is 0 Å². The van der Waals surface area contributed by atoms with Crippen molar-refractivity contribution in [3.63, 3.8) is 0 Å². The van der Waals surface area contributed by atoms with Crippen molar-refractivity contribution < 1.29 is 9.90 Å². The predicted octanol–water partition coefficient (Wildman–Crippen LogP) is 1.84. The summed E-state index contributed by atoms with van der Waals surface area (Å²) in [6, 6.07) is 7.97. The monoisotopic (exact) mass is 216 g/mol. The Kier molecular flexibility index (Phi) is 1.89. The number of carboxylic acid groups (broad SMARTS) is 1. The third-order valence-electron chi connectivity index (χ3n) is 3.14. The van der Waals surface area contributed by atoms with Crippen molar-refractivity contribution >= 4 is 22.7 Å². The van der Waals surface area contributed by atoms with Crippen molar-refractivity contribution in [1.82, 2.24) is 4.98 Å². The van der Waals surface area contributed by atoms with E-state index in [-0.39, 0.29) is 5.92 Å². The number of para-hydroxylation sites is 1. The SMILES string of the molecule is O=C(O)C1CNc2[nH]c3ccccc3c2C1. The molecule has 4 heteroatoms. The molecule has 2 aromatic rings. The maximum absolute atomic E-state index is 11.0. The van der Waals surface area contributed by atoms with Gasteiger partial charge in [-0.25, -0.2) is 0 Å². The second-order valence-corrected chi connectivity index (χ2v) is 4.14. The Hall–Kier alpha value is -1.97. The van der Waals surface area contributed by atoms with Crippen LogP contribution in [-0.2, 0) is 11.2 Å². The maximum atomic E-state index is 11.0. The second kappa shape index (κ2) is 3.27. The van der Waals surface area contributed by atoms with Crippen LogP contribution in [0.15, 0.2) is 24.3 Å². The van der Waals surface area contributed by atoms with Gasteiger partial charge in [-0.2, -0.15) is 0 Å². The fourth-order valence-corrected chi connectivity index (χ4v) is 2.28. The lowest BCUT2D eigenvalue weighted by molar-refractivity contribution is -0.141. The molecule has 3 N–H and O–H groups in total. The van der Waals surface area contributed by atoms with Gasteiger partial charge in [0.15, 0.2) is 0 Å². The molecule has 0 spiro atoms. The van der Waals surface area contributed by atoms with E-state index < -0.39 is 5.97 Å². The number of rotatable bonds is 1. The molecule has 1 aromatic heterocycles. The van der Waals surface area contributed by atoms with E-state index in [0.717, 1.165) is 22.3 Å². The topological polar surface area (TPSA) is 65.1 Å². The van der Waals surface area contributed by atoms with Crippen LogP contribution < -0.4 is 5.32 Å². The van der Waals surface area contributed by atoms with E-state index in [4.69, 9.17) is 5.11 Å². The molecule has 1 aliphatic rings. The van der Waals surface area contributed by atoms with E-state index in [9.17, 15) is 4.79 Å². The third-order valence-corrected chi connectivity index (χ3v) is 3.14. The number of benzene rings is 1. The lowest BCUT2D eigenvalue weighted by Crippen LogP contribution is -2.29. The van der Waals surface area contributed by atoms with E-state index in [1.807, 2.05) is 24.3 Å². The zero-order valence-electron chi connectivity index (χ0n) is 8.66. The van der Waals surface area contributed by atoms with E-state index in [1.54, 1.807) is 0 Å². The molecule has 1 atom stereocenters. The Labute approximate surface area is 92.3 Å². The minimum absolute atomic E-state index is 0.327. The summed E-state index contributed by atoms with van der Waals surface area (Å²) >= 11 is 0. The van der Waals surface area contributed by atoms with Gasteiger partial charge in [0.1, 0.15) is 5.82 Å². The molecule has 0 bridgehead atoms. The van der Waals surface area contributed by atoms with Crippen molar-refractivity contribution in [3.05, 3.63) is 29.8 Å². The maximum Gasteiger partial charge on any atom is 0.308 e. The van der Waals surface area contributed by atoms with Crippen LogP contribution in [0.2, 0.25) is 0 Å². The molecule has 0 radical (unpaired) electrons. The van der Waals surface area contributed by atoms with Gasteiger partial charge < -0.3 is 15.4 Å². The van der Waals surface area contributed by atoms with Crippen LogP contribution in [0, 0.1) is 5.92 Å². The number of fused-ring (bicyclic) bond motifs is 3. The number of nitrogens with one attached hydrogen (secondary N) is 2. The van der Waals surface area contributed by atoms with Crippen molar-refractivity contribution in [1.29, 1.82) is 0 Å². The molecule has 0 aliphatic carbocycles. The Balaban J connectivity index is 2.11. The van der Waals surface area contributed by atoms with Crippen LogP contribution in [0.4, 0.5) is 5.82 Å². The van der Waals surface area contributed by atoms with Crippen LogP contribution in [-0.4, -0.2) is 22.6 Å². The molecule has 82 valence electrons. The highest BCUT2D eigenvalue weighted by Gasteiger charge is 2.26. The molecule has 0 amide bonds. The van der Waals surface area contributed by atoms with E-state index in [1.165, 1.54) is 0 Å². The highest BCUT2D eigenvalue weighted by Crippen LogP contribution is 2.31. The molecule has 16 heavy (non-hydrogen) atoms. The Bertz CT molecular complexity index is 559. The van der Waals surface area contributed by atoms with E-state index >= 15 is 0 Å². The first kappa shape index (κ1) is 9.27. The van der Waals surface area contributed by atoms with Gasteiger partial charge in [-0.3, -0.25) is 4.79 Å². The van der Waals surface area contributed by atoms with Gasteiger partial charge in [0, 0.05) is 23.0 Å². The van der Waals surface area contributed by atoms with Crippen molar-refractivity contribution in [3.8, 4) is 0 Å². The quantitative estimate of drug-likeness (QED) is 0.681.